The van der Waals surface area contributed by atoms with Crippen molar-refractivity contribution >= 4 is 15.9 Å². The van der Waals surface area contributed by atoms with E-state index in [0.717, 1.165) is 0 Å². The van der Waals surface area contributed by atoms with E-state index in [1.807, 2.05) is 0 Å². The molecule has 0 amide bonds. The number of halogens is 2. The van der Waals surface area contributed by atoms with E-state index >= 15 is 0 Å². The third kappa shape index (κ3) is 1.30. The van der Waals surface area contributed by atoms with Crippen LogP contribution >= 0.6 is 15.9 Å². The standard InChI is InChI=1S/C11H8BrFN2O/c12-7-1-8(13)9(15-2-7)10(5-14)3-11(4-10)6-16-11/h1-2H,3-4,6H2. The van der Waals surface area contributed by atoms with Crippen molar-refractivity contribution in [2.24, 2.45) is 0 Å². The van der Waals surface area contributed by atoms with E-state index in [4.69, 9.17) is 4.74 Å². The Hall–Kier alpha value is -0.990. The Bertz CT molecular complexity index is 499. The third-order valence-electron chi connectivity index (χ3n) is 3.28. The molecule has 1 aromatic heterocycles. The second kappa shape index (κ2) is 3.02. The van der Waals surface area contributed by atoms with Crippen molar-refractivity contribution in [3.8, 4) is 6.07 Å². The normalized spacial score (nSPS) is 35.6. The van der Waals surface area contributed by atoms with Gasteiger partial charge in [0.25, 0.3) is 0 Å². The van der Waals surface area contributed by atoms with Gasteiger partial charge >= 0.3 is 0 Å². The molecule has 0 radical (unpaired) electrons. The van der Waals surface area contributed by atoms with Gasteiger partial charge in [0.1, 0.15) is 11.2 Å². The van der Waals surface area contributed by atoms with Crippen LogP contribution in [0.25, 0.3) is 0 Å². The fraction of sp³-hybridized carbons (Fsp3) is 0.455. The number of ether oxygens (including phenoxy) is 1. The molecule has 0 N–H and O–H groups in total. The van der Waals surface area contributed by atoms with Crippen molar-refractivity contribution in [1.82, 2.24) is 4.98 Å². The van der Waals surface area contributed by atoms with Gasteiger partial charge in [0, 0.05) is 23.5 Å². The maximum Gasteiger partial charge on any atom is 0.147 e. The van der Waals surface area contributed by atoms with Crippen molar-refractivity contribution in [3.63, 3.8) is 0 Å². The molecule has 16 heavy (non-hydrogen) atoms. The van der Waals surface area contributed by atoms with Crippen LogP contribution in [-0.4, -0.2) is 17.2 Å². The smallest absolute Gasteiger partial charge is 0.147 e. The van der Waals surface area contributed by atoms with Crippen molar-refractivity contribution in [3.05, 3.63) is 28.2 Å². The van der Waals surface area contributed by atoms with Crippen LogP contribution in [0.4, 0.5) is 4.39 Å². The highest BCUT2D eigenvalue weighted by molar-refractivity contribution is 9.10. The summed E-state index contributed by atoms with van der Waals surface area (Å²) in [6.07, 6.45) is 2.64. The van der Waals surface area contributed by atoms with Gasteiger partial charge in [-0.2, -0.15) is 5.26 Å². The summed E-state index contributed by atoms with van der Waals surface area (Å²) in [5.74, 6) is -0.425. The van der Waals surface area contributed by atoms with Gasteiger partial charge in [0.2, 0.25) is 0 Å². The van der Waals surface area contributed by atoms with Gasteiger partial charge in [0.15, 0.2) is 0 Å². The minimum atomic E-state index is -0.790. The highest BCUT2D eigenvalue weighted by Gasteiger charge is 2.65. The van der Waals surface area contributed by atoms with Gasteiger partial charge in [-0.3, -0.25) is 4.98 Å². The summed E-state index contributed by atoms with van der Waals surface area (Å²) in [6, 6.07) is 3.54. The molecule has 1 aliphatic carbocycles. The molecular formula is C11H8BrFN2O. The number of rotatable bonds is 1. The molecule has 0 atom stereocenters. The summed E-state index contributed by atoms with van der Waals surface area (Å²) >= 11 is 3.15. The minimum absolute atomic E-state index is 0.142. The Morgan fingerprint density at radius 1 is 1.56 bits per heavy atom. The molecule has 1 saturated carbocycles. The molecule has 1 spiro atoms. The van der Waals surface area contributed by atoms with Crippen LogP contribution in [-0.2, 0) is 10.2 Å². The molecule has 1 aromatic rings. The maximum absolute atomic E-state index is 13.7. The van der Waals surface area contributed by atoms with Crippen molar-refractivity contribution in [2.45, 2.75) is 23.9 Å². The summed E-state index contributed by atoms with van der Waals surface area (Å²) < 4.78 is 19.6. The summed E-state index contributed by atoms with van der Waals surface area (Å²) in [4.78, 5) is 4.04. The quantitative estimate of drug-likeness (QED) is 0.743. The molecule has 2 fully saturated rings. The molecule has 1 saturated heterocycles. The zero-order valence-electron chi connectivity index (χ0n) is 8.33. The zero-order valence-corrected chi connectivity index (χ0v) is 9.92. The van der Waals surface area contributed by atoms with Crippen molar-refractivity contribution in [2.75, 3.05) is 6.61 Å². The number of aromatic nitrogens is 1. The second-order valence-corrected chi connectivity index (χ2v) is 5.42. The third-order valence-corrected chi connectivity index (χ3v) is 3.71. The topological polar surface area (TPSA) is 49.2 Å². The van der Waals surface area contributed by atoms with Gasteiger partial charge in [-0.05, 0) is 22.0 Å². The number of hydrogen-bond acceptors (Lipinski definition) is 3. The van der Waals surface area contributed by atoms with E-state index in [1.54, 1.807) is 0 Å². The lowest BCUT2D eigenvalue weighted by Crippen LogP contribution is -2.47. The van der Waals surface area contributed by atoms with Crippen LogP contribution in [0.5, 0.6) is 0 Å². The number of epoxide rings is 1. The Morgan fingerprint density at radius 2 is 2.25 bits per heavy atom. The Labute approximate surface area is 100 Å². The highest BCUT2D eigenvalue weighted by atomic mass is 79.9. The number of nitrogens with zero attached hydrogens (tertiary/aromatic N) is 2. The van der Waals surface area contributed by atoms with Crippen LogP contribution in [0.15, 0.2) is 16.7 Å². The summed E-state index contributed by atoms with van der Waals surface area (Å²) in [7, 11) is 0. The Morgan fingerprint density at radius 3 is 2.75 bits per heavy atom. The van der Waals surface area contributed by atoms with Crippen LogP contribution in [0.1, 0.15) is 18.5 Å². The van der Waals surface area contributed by atoms with E-state index in [2.05, 4.69) is 27.0 Å². The van der Waals surface area contributed by atoms with Crippen molar-refractivity contribution in [1.29, 1.82) is 5.26 Å². The first kappa shape index (κ1) is 10.2. The SMILES string of the molecule is N#CC1(c2ncc(Br)cc2F)CC2(CO2)C1. The molecule has 1 aliphatic heterocycles. The Kier molecular flexibility index (Phi) is 1.92. The van der Waals surface area contributed by atoms with Gasteiger partial charge in [-0.15, -0.1) is 0 Å². The maximum atomic E-state index is 13.7. The Balaban J connectivity index is 1.99. The second-order valence-electron chi connectivity index (χ2n) is 4.50. The molecule has 0 unspecified atom stereocenters. The first-order valence-corrected chi connectivity index (χ1v) is 5.75. The minimum Gasteiger partial charge on any atom is -0.369 e. The monoisotopic (exact) mass is 282 g/mol. The predicted octanol–water partition coefficient (Wildman–Crippen LogP) is 2.31. The molecule has 3 nitrogen and oxygen atoms in total. The van der Waals surface area contributed by atoms with E-state index in [1.165, 1.54) is 12.3 Å². The van der Waals surface area contributed by atoms with E-state index in [0.29, 0.717) is 23.9 Å². The molecule has 0 bridgehead atoms. The molecule has 0 aromatic carbocycles. The summed E-state index contributed by atoms with van der Waals surface area (Å²) in [6.45, 7) is 0.689. The lowest BCUT2D eigenvalue weighted by Gasteiger charge is -2.40. The van der Waals surface area contributed by atoms with Gasteiger partial charge < -0.3 is 4.74 Å². The van der Waals surface area contributed by atoms with Gasteiger partial charge in [-0.25, -0.2) is 4.39 Å². The fourth-order valence-electron chi connectivity index (χ4n) is 2.42. The largest absolute Gasteiger partial charge is 0.369 e. The average Bonchev–Trinajstić information content (AvgIpc) is 2.95. The van der Waals surface area contributed by atoms with Crippen molar-refractivity contribution < 1.29 is 9.13 Å². The van der Waals surface area contributed by atoms with E-state index in [9.17, 15) is 9.65 Å². The fourth-order valence-corrected chi connectivity index (χ4v) is 2.72. The number of hydrogen-bond donors (Lipinski definition) is 0. The van der Waals surface area contributed by atoms with E-state index in [-0.39, 0.29) is 11.3 Å². The predicted molar refractivity (Wildman–Crippen MR) is 57.1 cm³/mol. The van der Waals surface area contributed by atoms with Crippen LogP contribution < -0.4 is 0 Å². The van der Waals surface area contributed by atoms with Crippen LogP contribution in [0.3, 0.4) is 0 Å². The zero-order chi connectivity index (χ0) is 11.4. The molecular weight excluding hydrogens is 275 g/mol. The van der Waals surface area contributed by atoms with Gasteiger partial charge in [-0.1, -0.05) is 0 Å². The molecule has 2 heterocycles. The van der Waals surface area contributed by atoms with Crippen LogP contribution in [0, 0.1) is 17.1 Å². The first-order chi connectivity index (χ1) is 7.59. The summed E-state index contributed by atoms with van der Waals surface area (Å²) in [5.41, 5.74) is -0.683. The molecule has 5 heteroatoms. The first-order valence-electron chi connectivity index (χ1n) is 4.96. The van der Waals surface area contributed by atoms with E-state index < -0.39 is 11.2 Å². The lowest BCUT2D eigenvalue weighted by molar-refractivity contribution is 0.122. The molecule has 3 rings (SSSR count). The van der Waals surface area contributed by atoms with Crippen LogP contribution in [0.2, 0.25) is 0 Å². The summed E-state index contributed by atoms with van der Waals surface area (Å²) in [5, 5.41) is 9.22. The molecule has 82 valence electrons. The highest BCUT2D eigenvalue weighted by Crippen LogP contribution is 2.58. The lowest BCUT2D eigenvalue weighted by atomic mass is 9.60. The average molecular weight is 283 g/mol. The molecule has 2 aliphatic rings. The number of nitriles is 1. The number of pyridine rings is 1. The van der Waals surface area contributed by atoms with Gasteiger partial charge in [0.05, 0.1) is 24.0 Å².